The van der Waals surface area contributed by atoms with Crippen LogP contribution in [0.2, 0.25) is 5.02 Å². The number of nitrogens with zero attached hydrogens (tertiary/aromatic N) is 1. The number of hydrogen-bond donors (Lipinski definition) is 2. The lowest BCUT2D eigenvalue weighted by molar-refractivity contribution is 0.0941. The van der Waals surface area contributed by atoms with Crippen molar-refractivity contribution in [3.05, 3.63) is 136 Å². The number of fused-ring (bicyclic) bond motifs is 1. The van der Waals surface area contributed by atoms with Crippen LogP contribution in [-0.4, -0.2) is 16.4 Å². The number of hydrogen-bond acceptors (Lipinski definition) is 2. The standard InChI is InChI=1S/C34H32ClN3O2/c1-34(2,3)26-15-13-24(14-16-26)22-38-30-18-17-27(37-32(39)28-11-7-8-12-29(28)35)19-25(30)20-31(38)33(40)36-21-23-9-5-4-6-10-23/h4-20H,21-22H2,1-3H3,(H,36,40)(H,37,39). The van der Waals surface area contributed by atoms with Crippen molar-refractivity contribution in [2.45, 2.75) is 39.3 Å². The first-order valence-corrected chi connectivity index (χ1v) is 13.7. The SMILES string of the molecule is CC(C)(C)c1ccc(Cn2c(C(=O)NCc3ccccc3)cc3cc(NC(=O)c4ccccc4Cl)ccc32)cc1. The highest BCUT2D eigenvalue weighted by molar-refractivity contribution is 6.34. The van der Waals surface area contributed by atoms with Crippen molar-refractivity contribution >= 4 is 40.0 Å². The van der Waals surface area contributed by atoms with Crippen LogP contribution >= 0.6 is 11.6 Å². The molecule has 2 amide bonds. The summed E-state index contributed by atoms with van der Waals surface area (Å²) in [6.07, 6.45) is 0. The Hall–Kier alpha value is -4.35. The van der Waals surface area contributed by atoms with Gasteiger partial charge in [-0.05, 0) is 58.5 Å². The number of halogens is 1. The molecule has 40 heavy (non-hydrogen) atoms. The highest BCUT2D eigenvalue weighted by Gasteiger charge is 2.18. The number of nitrogens with one attached hydrogen (secondary N) is 2. The Balaban J connectivity index is 1.47. The predicted octanol–water partition coefficient (Wildman–Crippen LogP) is 7.82. The van der Waals surface area contributed by atoms with E-state index in [4.69, 9.17) is 11.6 Å². The van der Waals surface area contributed by atoms with Crippen molar-refractivity contribution < 1.29 is 9.59 Å². The smallest absolute Gasteiger partial charge is 0.268 e. The zero-order chi connectivity index (χ0) is 28.3. The van der Waals surface area contributed by atoms with E-state index in [1.807, 2.05) is 59.2 Å². The summed E-state index contributed by atoms with van der Waals surface area (Å²) in [5.41, 5.74) is 5.93. The molecule has 0 saturated heterocycles. The van der Waals surface area contributed by atoms with Gasteiger partial charge in [0.1, 0.15) is 5.69 Å². The third-order valence-corrected chi connectivity index (χ3v) is 7.30. The van der Waals surface area contributed by atoms with Gasteiger partial charge in [0.05, 0.1) is 10.6 Å². The molecule has 0 fully saturated rings. The van der Waals surface area contributed by atoms with Crippen molar-refractivity contribution in [2.75, 3.05) is 5.32 Å². The molecule has 0 radical (unpaired) electrons. The van der Waals surface area contributed by atoms with E-state index in [1.165, 1.54) is 5.56 Å². The van der Waals surface area contributed by atoms with Gasteiger partial charge in [-0.1, -0.05) is 99.1 Å². The summed E-state index contributed by atoms with van der Waals surface area (Å²) in [5, 5.41) is 7.24. The number of rotatable bonds is 7. The first kappa shape index (κ1) is 27.2. The van der Waals surface area contributed by atoms with Gasteiger partial charge in [0.25, 0.3) is 11.8 Å². The predicted molar refractivity (Wildman–Crippen MR) is 163 cm³/mol. The summed E-state index contributed by atoms with van der Waals surface area (Å²) in [4.78, 5) is 26.3. The summed E-state index contributed by atoms with van der Waals surface area (Å²) >= 11 is 6.22. The average molecular weight is 550 g/mol. The van der Waals surface area contributed by atoms with Gasteiger partial charge in [0.15, 0.2) is 0 Å². The second-order valence-corrected chi connectivity index (χ2v) is 11.3. The van der Waals surface area contributed by atoms with E-state index in [0.29, 0.717) is 35.1 Å². The molecule has 0 aliphatic carbocycles. The van der Waals surface area contributed by atoms with Gasteiger partial charge in [-0.25, -0.2) is 0 Å². The molecule has 0 atom stereocenters. The van der Waals surface area contributed by atoms with Crippen LogP contribution in [0.4, 0.5) is 5.69 Å². The van der Waals surface area contributed by atoms with E-state index in [1.54, 1.807) is 24.3 Å². The quantitative estimate of drug-likeness (QED) is 0.217. The molecular weight excluding hydrogens is 518 g/mol. The van der Waals surface area contributed by atoms with Crippen LogP contribution in [0.25, 0.3) is 10.9 Å². The van der Waals surface area contributed by atoms with E-state index >= 15 is 0 Å². The van der Waals surface area contributed by atoms with Crippen molar-refractivity contribution in [3.8, 4) is 0 Å². The summed E-state index contributed by atoms with van der Waals surface area (Å²) in [7, 11) is 0. The fourth-order valence-corrected chi connectivity index (χ4v) is 4.93. The normalized spacial score (nSPS) is 11.4. The molecule has 0 aliphatic heterocycles. The molecule has 202 valence electrons. The molecule has 0 spiro atoms. The maximum Gasteiger partial charge on any atom is 0.268 e. The third kappa shape index (κ3) is 6.11. The molecule has 5 nitrogen and oxygen atoms in total. The van der Waals surface area contributed by atoms with Crippen LogP contribution < -0.4 is 10.6 Å². The molecule has 0 unspecified atom stereocenters. The average Bonchev–Trinajstić information content (AvgIpc) is 3.29. The molecule has 0 aliphatic rings. The van der Waals surface area contributed by atoms with Gasteiger partial charge in [0.2, 0.25) is 0 Å². The molecule has 1 heterocycles. The number of amides is 2. The van der Waals surface area contributed by atoms with Gasteiger partial charge in [-0.3, -0.25) is 9.59 Å². The number of carbonyl (C=O) groups is 2. The Labute approximate surface area is 239 Å². The lowest BCUT2D eigenvalue weighted by Gasteiger charge is -2.19. The number of anilines is 1. The lowest BCUT2D eigenvalue weighted by atomic mass is 9.87. The Kier molecular flexibility index (Phi) is 7.76. The first-order chi connectivity index (χ1) is 19.2. The zero-order valence-corrected chi connectivity index (χ0v) is 23.6. The zero-order valence-electron chi connectivity index (χ0n) is 22.9. The number of aromatic nitrogens is 1. The molecule has 2 N–H and O–H groups in total. The molecule has 1 aromatic heterocycles. The highest BCUT2D eigenvalue weighted by Crippen LogP contribution is 2.27. The lowest BCUT2D eigenvalue weighted by Crippen LogP contribution is -2.25. The van der Waals surface area contributed by atoms with Crippen molar-refractivity contribution in [3.63, 3.8) is 0 Å². The Bertz CT molecular complexity index is 1670. The minimum atomic E-state index is -0.288. The topological polar surface area (TPSA) is 63.1 Å². The minimum absolute atomic E-state index is 0.0615. The van der Waals surface area contributed by atoms with Crippen molar-refractivity contribution in [1.29, 1.82) is 0 Å². The summed E-state index contributed by atoms with van der Waals surface area (Å²) < 4.78 is 2.03. The number of carbonyl (C=O) groups excluding carboxylic acids is 2. The van der Waals surface area contributed by atoms with Gasteiger partial charge < -0.3 is 15.2 Å². The van der Waals surface area contributed by atoms with Crippen LogP contribution in [0.3, 0.4) is 0 Å². The maximum absolute atomic E-state index is 13.5. The van der Waals surface area contributed by atoms with Crippen LogP contribution in [-0.2, 0) is 18.5 Å². The third-order valence-electron chi connectivity index (χ3n) is 6.97. The van der Waals surface area contributed by atoms with Crippen LogP contribution in [0.5, 0.6) is 0 Å². The molecule has 5 aromatic rings. The minimum Gasteiger partial charge on any atom is -0.347 e. The molecular formula is C34H32ClN3O2. The van der Waals surface area contributed by atoms with E-state index in [9.17, 15) is 9.59 Å². The van der Waals surface area contributed by atoms with Gasteiger partial charge in [0, 0.05) is 29.7 Å². The molecule has 5 rings (SSSR count). The monoisotopic (exact) mass is 549 g/mol. The Morgan fingerprint density at radius 2 is 1.48 bits per heavy atom. The molecule has 6 heteroatoms. The largest absolute Gasteiger partial charge is 0.347 e. The van der Waals surface area contributed by atoms with E-state index < -0.39 is 0 Å². The Morgan fingerprint density at radius 3 is 2.17 bits per heavy atom. The van der Waals surface area contributed by atoms with Gasteiger partial charge >= 0.3 is 0 Å². The summed E-state index contributed by atoms with van der Waals surface area (Å²) in [6.45, 7) is 7.55. The van der Waals surface area contributed by atoms with E-state index in [0.717, 1.165) is 22.0 Å². The van der Waals surface area contributed by atoms with Crippen molar-refractivity contribution in [1.82, 2.24) is 9.88 Å². The summed E-state index contributed by atoms with van der Waals surface area (Å²) in [6, 6.07) is 32.9. The highest BCUT2D eigenvalue weighted by atomic mass is 35.5. The van der Waals surface area contributed by atoms with E-state index in [-0.39, 0.29) is 17.2 Å². The fraction of sp³-hybridized carbons (Fsp3) is 0.176. The molecule has 4 aromatic carbocycles. The number of benzene rings is 4. The fourth-order valence-electron chi connectivity index (χ4n) is 4.71. The first-order valence-electron chi connectivity index (χ1n) is 13.3. The summed E-state index contributed by atoms with van der Waals surface area (Å²) in [5.74, 6) is -0.447. The molecule has 0 bridgehead atoms. The molecule has 0 saturated carbocycles. The van der Waals surface area contributed by atoms with Gasteiger partial charge in [-0.15, -0.1) is 0 Å². The van der Waals surface area contributed by atoms with Crippen LogP contribution in [0.1, 0.15) is 58.3 Å². The van der Waals surface area contributed by atoms with Gasteiger partial charge in [-0.2, -0.15) is 0 Å². The second kappa shape index (κ2) is 11.4. The Morgan fingerprint density at radius 1 is 0.775 bits per heavy atom. The van der Waals surface area contributed by atoms with Crippen LogP contribution in [0.15, 0.2) is 103 Å². The van der Waals surface area contributed by atoms with Crippen LogP contribution in [0, 0.1) is 0 Å². The van der Waals surface area contributed by atoms with E-state index in [2.05, 4.69) is 55.7 Å². The van der Waals surface area contributed by atoms with Crippen molar-refractivity contribution in [2.24, 2.45) is 0 Å². The second-order valence-electron chi connectivity index (χ2n) is 10.9. The maximum atomic E-state index is 13.5.